The fourth-order valence-corrected chi connectivity index (χ4v) is 5.20. The van der Waals surface area contributed by atoms with Crippen LogP contribution in [0.1, 0.15) is 25.5 Å². The number of sulfonamides is 1. The zero-order valence-electron chi connectivity index (χ0n) is 18.2. The topological polar surface area (TPSA) is 119 Å². The Morgan fingerprint density at radius 2 is 1.53 bits per heavy atom. The van der Waals surface area contributed by atoms with Crippen LogP contribution in [0.15, 0.2) is 47.4 Å². The van der Waals surface area contributed by atoms with Gasteiger partial charge in [0.25, 0.3) is 0 Å². The van der Waals surface area contributed by atoms with Gasteiger partial charge < -0.3 is 14.8 Å². The summed E-state index contributed by atoms with van der Waals surface area (Å²) in [6.07, 6.45) is 2.15. The third-order valence-electron chi connectivity index (χ3n) is 5.04. The van der Waals surface area contributed by atoms with Crippen molar-refractivity contribution in [1.29, 1.82) is 0 Å². The molecule has 0 aliphatic carbocycles. The van der Waals surface area contributed by atoms with Gasteiger partial charge in [-0.15, -0.1) is 0 Å². The molecule has 0 saturated heterocycles. The number of ether oxygens (including phenoxy) is 2. The highest BCUT2D eigenvalue weighted by molar-refractivity contribution is 7.92. The largest absolute Gasteiger partial charge is 0.486 e. The van der Waals surface area contributed by atoms with E-state index in [4.69, 9.17) is 9.47 Å². The van der Waals surface area contributed by atoms with E-state index < -0.39 is 37.9 Å². The van der Waals surface area contributed by atoms with Crippen molar-refractivity contribution < 1.29 is 31.1 Å². The normalized spacial score (nSPS) is 15.5. The van der Waals surface area contributed by atoms with Crippen LogP contribution in [-0.2, 0) is 24.7 Å². The molecule has 2 atom stereocenters. The van der Waals surface area contributed by atoms with E-state index in [-0.39, 0.29) is 10.6 Å². The number of fused-ring (bicyclic) bond motifs is 1. The predicted molar refractivity (Wildman–Crippen MR) is 120 cm³/mol. The van der Waals surface area contributed by atoms with Gasteiger partial charge in [0.2, 0.25) is 15.9 Å². The van der Waals surface area contributed by atoms with Crippen LogP contribution in [0.25, 0.3) is 0 Å². The number of nitrogens with zero attached hydrogens (tertiary/aromatic N) is 1. The molecule has 0 bridgehead atoms. The Balaban J connectivity index is 1.81. The summed E-state index contributed by atoms with van der Waals surface area (Å²) in [5.41, 5.74) is 0.966. The predicted octanol–water partition coefficient (Wildman–Crippen LogP) is 1.89. The number of anilines is 1. The highest BCUT2D eigenvalue weighted by Gasteiger charge is 2.31. The number of nitrogens with one attached hydrogen (secondary N) is 1. The fourth-order valence-electron chi connectivity index (χ4n) is 3.40. The minimum atomic E-state index is -3.80. The van der Waals surface area contributed by atoms with Crippen molar-refractivity contribution in [3.63, 3.8) is 0 Å². The first kappa shape index (κ1) is 23.9. The molecule has 0 saturated carbocycles. The van der Waals surface area contributed by atoms with Crippen molar-refractivity contribution in [1.82, 2.24) is 5.32 Å². The molecule has 3 rings (SSSR count). The Kier molecular flexibility index (Phi) is 6.70. The Hall–Kier alpha value is -2.79. The molecule has 11 heteroatoms. The first-order chi connectivity index (χ1) is 14.9. The van der Waals surface area contributed by atoms with Crippen LogP contribution in [0.5, 0.6) is 11.5 Å². The Morgan fingerprint density at radius 3 is 2.09 bits per heavy atom. The van der Waals surface area contributed by atoms with Crippen molar-refractivity contribution in [3.8, 4) is 11.5 Å². The van der Waals surface area contributed by atoms with Gasteiger partial charge in [-0.05, 0) is 43.7 Å². The van der Waals surface area contributed by atoms with Crippen molar-refractivity contribution in [2.24, 2.45) is 0 Å². The van der Waals surface area contributed by atoms with Crippen LogP contribution in [0.4, 0.5) is 5.69 Å². The minimum Gasteiger partial charge on any atom is -0.486 e. The minimum absolute atomic E-state index is 0.176. The standard InChI is InChI=1S/C21H26N2O7S2/c1-14(16-5-8-18(9-6-16)31(3,25)26)22-21(24)15(2)23(32(4,27)28)17-7-10-19-20(13-17)30-12-11-29-19/h5-10,13-15H,11-12H2,1-4H3,(H,22,24)/t14-,15-/m0/s1. The van der Waals surface area contributed by atoms with Crippen LogP contribution in [0.2, 0.25) is 0 Å². The number of carbonyl (C=O) groups excluding carboxylic acids is 1. The van der Waals surface area contributed by atoms with E-state index in [1.54, 1.807) is 31.2 Å². The molecule has 1 aliphatic heterocycles. The van der Waals surface area contributed by atoms with Gasteiger partial charge >= 0.3 is 0 Å². The third-order valence-corrected chi connectivity index (χ3v) is 7.41. The van der Waals surface area contributed by atoms with Crippen LogP contribution in [-0.4, -0.2) is 54.5 Å². The molecule has 9 nitrogen and oxygen atoms in total. The zero-order valence-corrected chi connectivity index (χ0v) is 19.9. The second-order valence-electron chi connectivity index (χ2n) is 7.63. The molecule has 0 aromatic heterocycles. The zero-order chi connectivity index (χ0) is 23.7. The summed E-state index contributed by atoms with van der Waals surface area (Å²) in [6, 6.07) is 9.34. The monoisotopic (exact) mass is 482 g/mol. The number of benzene rings is 2. The van der Waals surface area contributed by atoms with E-state index in [0.29, 0.717) is 30.3 Å². The molecule has 2 aromatic carbocycles. The van der Waals surface area contributed by atoms with Gasteiger partial charge in [0, 0.05) is 12.3 Å². The van der Waals surface area contributed by atoms with Crippen LogP contribution in [0.3, 0.4) is 0 Å². The van der Waals surface area contributed by atoms with Gasteiger partial charge in [-0.25, -0.2) is 16.8 Å². The highest BCUT2D eigenvalue weighted by Crippen LogP contribution is 2.35. The Morgan fingerprint density at radius 1 is 0.938 bits per heavy atom. The molecule has 0 unspecified atom stereocenters. The van der Waals surface area contributed by atoms with Gasteiger partial charge in [-0.3, -0.25) is 9.10 Å². The van der Waals surface area contributed by atoms with Gasteiger partial charge in [0.15, 0.2) is 21.3 Å². The molecule has 0 fully saturated rings. The molecule has 1 N–H and O–H groups in total. The number of hydrogen-bond donors (Lipinski definition) is 1. The summed E-state index contributed by atoms with van der Waals surface area (Å²) < 4.78 is 60.4. The van der Waals surface area contributed by atoms with Gasteiger partial charge in [0.1, 0.15) is 19.3 Å². The van der Waals surface area contributed by atoms with E-state index in [1.807, 2.05) is 0 Å². The average Bonchev–Trinajstić information content (AvgIpc) is 2.72. The second kappa shape index (κ2) is 8.99. The first-order valence-corrected chi connectivity index (χ1v) is 13.6. The molecule has 174 valence electrons. The van der Waals surface area contributed by atoms with E-state index in [0.717, 1.165) is 16.8 Å². The number of amides is 1. The number of carbonyl (C=O) groups is 1. The van der Waals surface area contributed by atoms with Crippen LogP contribution < -0.4 is 19.1 Å². The molecule has 32 heavy (non-hydrogen) atoms. The van der Waals surface area contributed by atoms with Gasteiger partial charge in [0.05, 0.1) is 22.9 Å². The first-order valence-electron chi connectivity index (χ1n) is 9.87. The quantitative estimate of drug-likeness (QED) is 0.640. The molecule has 2 aromatic rings. The van der Waals surface area contributed by atoms with Crippen molar-refractivity contribution in [2.75, 3.05) is 30.0 Å². The summed E-state index contributed by atoms with van der Waals surface area (Å²) in [5, 5.41) is 2.79. The lowest BCUT2D eigenvalue weighted by molar-refractivity contribution is -0.122. The van der Waals surface area contributed by atoms with E-state index in [1.165, 1.54) is 25.1 Å². The van der Waals surface area contributed by atoms with E-state index in [2.05, 4.69) is 5.32 Å². The van der Waals surface area contributed by atoms with Gasteiger partial charge in [-0.1, -0.05) is 12.1 Å². The molecule has 0 spiro atoms. The number of rotatable bonds is 7. The maximum absolute atomic E-state index is 12.9. The lowest BCUT2D eigenvalue weighted by Crippen LogP contribution is -2.48. The SMILES string of the molecule is C[C@H](NC(=O)[C@H](C)N(c1ccc2c(c1)OCCO2)S(C)(=O)=O)c1ccc(S(C)(=O)=O)cc1. The van der Waals surface area contributed by atoms with Gasteiger partial charge in [-0.2, -0.15) is 0 Å². The molecule has 0 radical (unpaired) electrons. The number of sulfone groups is 1. The summed E-state index contributed by atoms with van der Waals surface area (Å²) >= 11 is 0. The molecular formula is C21H26N2O7S2. The maximum Gasteiger partial charge on any atom is 0.244 e. The molecular weight excluding hydrogens is 456 g/mol. The lowest BCUT2D eigenvalue weighted by Gasteiger charge is -2.30. The number of hydrogen-bond acceptors (Lipinski definition) is 7. The molecule has 1 amide bonds. The van der Waals surface area contributed by atoms with E-state index in [9.17, 15) is 21.6 Å². The fraction of sp³-hybridized carbons (Fsp3) is 0.381. The summed E-state index contributed by atoms with van der Waals surface area (Å²) in [7, 11) is -7.13. The summed E-state index contributed by atoms with van der Waals surface area (Å²) in [4.78, 5) is 13.1. The second-order valence-corrected chi connectivity index (χ2v) is 11.5. The Labute approximate surface area is 188 Å². The van der Waals surface area contributed by atoms with Crippen molar-refractivity contribution >= 4 is 31.5 Å². The smallest absolute Gasteiger partial charge is 0.244 e. The van der Waals surface area contributed by atoms with E-state index >= 15 is 0 Å². The summed E-state index contributed by atoms with van der Waals surface area (Å²) in [6.45, 7) is 3.98. The van der Waals surface area contributed by atoms with Crippen molar-refractivity contribution in [2.45, 2.75) is 30.8 Å². The van der Waals surface area contributed by atoms with Crippen molar-refractivity contribution in [3.05, 3.63) is 48.0 Å². The lowest BCUT2D eigenvalue weighted by atomic mass is 10.1. The summed E-state index contributed by atoms with van der Waals surface area (Å²) in [5.74, 6) is 0.413. The highest BCUT2D eigenvalue weighted by atomic mass is 32.2. The maximum atomic E-state index is 12.9. The third kappa shape index (κ3) is 5.33. The molecule has 1 aliphatic rings. The Bertz CT molecular complexity index is 1210. The average molecular weight is 483 g/mol. The molecule has 1 heterocycles. The van der Waals surface area contributed by atoms with Crippen LogP contribution in [0, 0.1) is 0 Å². The van der Waals surface area contributed by atoms with Crippen LogP contribution >= 0.6 is 0 Å².